The average Bonchev–Trinajstić information content (AvgIpc) is 2.13. The Hall–Kier alpha value is 0.480. The van der Waals surface area contributed by atoms with E-state index in [0.29, 0.717) is 5.41 Å². The molecule has 74 valence electrons. The first-order valence-electron chi connectivity index (χ1n) is 5.30. The highest BCUT2D eigenvalue weighted by molar-refractivity contribution is 9.09. The van der Waals surface area contributed by atoms with Gasteiger partial charge in [0.05, 0.1) is 0 Å². The van der Waals surface area contributed by atoms with E-state index in [-0.39, 0.29) is 0 Å². The van der Waals surface area contributed by atoms with E-state index in [1.807, 2.05) is 0 Å². The molecule has 0 aromatic heterocycles. The fourth-order valence-electron chi connectivity index (χ4n) is 1.79. The van der Waals surface area contributed by atoms with E-state index in [0.717, 1.165) is 0 Å². The van der Waals surface area contributed by atoms with Crippen LogP contribution >= 0.6 is 15.9 Å². The van der Waals surface area contributed by atoms with Crippen molar-refractivity contribution < 1.29 is 0 Å². The number of unbranched alkanes of at least 4 members (excludes halogenated alkanes) is 1. The highest BCUT2D eigenvalue weighted by Gasteiger charge is 2.24. The van der Waals surface area contributed by atoms with Crippen LogP contribution in [0.4, 0.5) is 0 Å². The van der Waals surface area contributed by atoms with Gasteiger partial charge in [-0.05, 0) is 24.7 Å². The summed E-state index contributed by atoms with van der Waals surface area (Å²) in [5, 5.41) is 1.18. The summed E-state index contributed by atoms with van der Waals surface area (Å²) in [4.78, 5) is 0. The molecular weight excluding hydrogens is 212 g/mol. The largest absolute Gasteiger partial charge is 0.0922 e. The SMILES string of the molecule is CCCCC(CC)(CBr)CCC. The molecule has 0 heterocycles. The maximum atomic E-state index is 3.66. The Balaban J connectivity index is 3.95. The van der Waals surface area contributed by atoms with Crippen LogP contribution in [0.5, 0.6) is 0 Å². The highest BCUT2D eigenvalue weighted by Crippen LogP contribution is 2.35. The molecule has 0 aliphatic rings. The van der Waals surface area contributed by atoms with Gasteiger partial charge in [0.25, 0.3) is 0 Å². The molecule has 0 rings (SSSR count). The molecule has 0 bridgehead atoms. The summed E-state index contributed by atoms with van der Waals surface area (Å²) in [7, 11) is 0. The van der Waals surface area contributed by atoms with E-state index in [2.05, 4.69) is 36.7 Å². The summed E-state index contributed by atoms with van der Waals surface area (Å²) >= 11 is 3.66. The fourth-order valence-corrected chi connectivity index (χ4v) is 2.75. The lowest BCUT2D eigenvalue weighted by Gasteiger charge is -2.30. The van der Waals surface area contributed by atoms with Crippen LogP contribution in [0.25, 0.3) is 0 Å². The second kappa shape index (κ2) is 6.94. The van der Waals surface area contributed by atoms with Crippen LogP contribution in [-0.4, -0.2) is 5.33 Å². The van der Waals surface area contributed by atoms with Gasteiger partial charge in [0.1, 0.15) is 0 Å². The normalized spacial score (nSPS) is 16.0. The summed E-state index contributed by atoms with van der Waals surface area (Å²) < 4.78 is 0. The molecule has 0 saturated heterocycles. The molecule has 0 nitrogen and oxygen atoms in total. The van der Waals surface area contributed by atoms with Gasteiger partial charge in [0.15, 0.2) is 0 Å². The van der Waals surface area contributed by atoms with Crippen LogP contribution < -0.4 is 0 Å². The molecule has 0 radical (unpaired) electrons. The first kappa shape index (κ1) is 12.5. The Kier molecular flexibility index (Phi) is 7.22. The molecule has 12 heavy (non-hydrogen) atoms. The van der Waals surface area contributed by atoms with E-state index in [1.165, 1.54) is 43.9 Å². The third kappa shape index (κ3) is 3.93. The minimum Gasteiger partial charge on any atom is -0.0922 e. The molecule has 1 atom stereocenters. The number of hydrogen-bond donors (Lipinski definition) is 0. The van der Waals surface area contributed by atoms with Crippen LogP contribution in [0.3, 0.4) is 0 Å². The molecule has 1 heteroatoms. The summed E-state index contributed by atoms with van der Waals surface area (Å²) in [5.74, 6) is 0. The van der Waals surface area contributed by atoms with E-state index in [9.17, 15) is 0 Å². The Morgan fingerprint density at radius 2 is 1.67 bits per heavy atom. The lowest BCUT2D eigenvalue weighted by molar-refractivity contribution is 0.260. The van der Waals surface area contributed by atoms with Crippen molar-refractivity contribution in [2.75, 3.05) is 5.33 Å². The van der Waals surface area contributed by atoms with Crippen LogP contribution in [0.2, 0.25) is 0 Å². The van der Waals surface area contributed by atoms with Crippen molar-refractivity contribution in [2.45, 2.75) is 59.3 Å². The van der Waals surface area contributed by atoms with Gasteiger partial charge in [0, 0.05) is 5.33 Å². The van der Waals surface area contributed by atoms with Gasteiger partial charge >= 0.3 is 0 Å². The van der Waals surface area contributed by atoms with Gasteiger partial charge in [-0.25, -0.2) is 0 Å². The summed E-state index contributed by atoms with van der Waals surface area (Å²) in [6.45, 7) is 6.90. The van der Waals surface area contributed by atoms with Crippen molar-refractivity contribution in [3.05, 3.63) is 0 Å². The topological polar surface area (TPSA) is 0 Å². The molecule has 0 spiro atoms. The zero-order valence-electron chi connectivity index (χ0n) is 8.83. The lowest BCUT2D eigenvalue weighted by Crippen LogP contribution is -2.21. The van der Waals surface area contributed by atoms with Crippen molar-refractivity contribution >= 4 is 15.9 Å². The molecule has 0 aromatic carbocycles. The van der Waals surface area contributed by atoms with Gasteiger partial charge in [-0.3, -0.25) is 0 Å². The Morgan fingerprint density at radius 3 is 2.00 bits per heavy atom. The molecular formula is C11H23Br. The molecule has 0 aliphatic heterocycles. The second-order valence-corrected chi connectivity index (χ2v) is 4.40. The predicted octanol–water partition coefficient (Wildman–Crippen LogP) is 4.77. The third-order valence-electron chi connectivity index (χ3n) is 2.87. The Labute approximate surface area is 86.3 Å². The Morgan fingerprint density at radius 1 is 1.00 bits per heavy atom. The first-order chi connectivity index (χ1) is 5.74. The predicted molar refractivity (Wildman–Crippen MR) is 61.0 cm³/mol. The molecule has 0 N–H and O–H groups in total. The molecule has 0 saturated carbocycles. The summed E-state index contributed by atoms with van der Waals surface area (Å²) in [6, 6.07) is 0. The van der Waals surface area contributed by atoms with Gasteiger partial charge in [-0.15, -0.1) is 0 Å². The average molecular weight is 235 g/mol. The van der Waals surface area contributed by atoms with E-state index >= 15 is 0 Å². The smallest absolute Gasteiger partial charge is 0.00878 e. The molecule has 0 fully saturated rings. The number of halogens is 1. The van der Waals surface area contributed by atoms with Crippen molar-refractivity contribution in [3.8, 4) is 0 Å². The standard InChI is InChI=1S/C11H23Br/c1-4-7-9-11(6-3,10-12)8-5-2/h4-10H2,1-3H3. The maximum absolute atomic E-state index is 3.66. The zero-order chi connectivity index (χ0) is 9.45. The lowest BCUT2D eigenvalue weighted by atomic mass is 9.78. The molecule has 0 aromatic rings. The minimum atomic E-state index is 0.602. The van der Waals surface area contributed by atoms with E-state index < -0.39 is 0 Å². The first-order valence-corrected chi connectivity index (χ1v) is 6.42. The second-order valence-electron chi connectivity index (χ2n) is 3.84. The minimum absolute atomic E-state index is 0.602. The molecule has 1 unspecified atom stereocenters. The van der Waals surface area contributed by atoms with Gasteiger partial charge < -0.3 is 0 Å². The highest BCUT2D eigenvalue weighted by atomic mass is 79.9. The monoisotopic (exact) mass is 234 g/mol. The zero-order valence-corrected chi connectivity index (χ0v) is 10.4. The summed E-state index contributed by atoms with van der Waals surface area (Å²) in [6.07, 6.45) is 8.15. The van der Waals surface area contributed by atoms with E-state index in [4.69, 9.17) is 0 Å². The van der Waals surface area contributed by atoms with Crippen LogP contribution in [0.1, 0.15) is 59.3 Å². The third-order valence-corrected chi connectivity index (χ3v) is 4.06. The van der Waals surface area contributed by atoms with Crippen LogP contribution in [0.15, 0.2) is 0 Å². The number of alkyl halides is 1. The van der Waals surface area contributed by atoms with Crippen LogP contribution in [-0.2, 0) is 0 Å². The number of hydrogen-bond acceptors (Lipinski definition) is 0. The van der Waals surface area contributed by atoms with Crippen molar-refractivity contribution in [1.82, 2.24) is 0 Å². The van der Waals surface area contributed by atoms with Crippen molar-refractivity contribution in [1.29, 1.82) is 0 Å². The quantitative estimate of drug-likeness (QED) is 0.557. The van der Waals surface area contributed by atoms with Crippen molar-refractivity contribution in [3.63, 3.8) is 0 Å². The van der Waals surface area contributed by atoms with Crippen molar-refractivity contribution in [2.24, 2.45) is 5.41 Å². The maximum Gasteiger partial charge on any atom is 0.00878 e. The molecule has 0 amide bonds. The fraction of sp³-hybridized carbons (Fsp3) is 1.00. The number of rotatable bonds is 7. The van der Waals surface area contributed by atoms with Gasteiger partial charge in [0.2, 0.25) is 0 Å². The summed E-state index contributed by atoms with van der Waals surface area (Å²) in [5.41, 5.74) is 0.602. The van der Waals surface area contributed by atoms with Crippen LogP contribution in [0, 0.1) is 5.41 Å². The molecule has 0 aliphatic carbocycles. The van der Waals surface area contributed by atoms with Gasteiger partial charge in [-0.1, -0.05) is 56.0 Å². The van der Waals surface area contributed by atoms with E-state index in [1.54, 1.807) is 0 Å². The van der Waals surface area contributed by atoms with Gasteiger partial charge in [-0.2, -0.15) is 0 Å². The Bertz CT molecular complexity index is 95.2.